The Kier molecular flexibility index (Phi) is 5.15. The van der Waals surface area contributed by atoms with Crippen molar-refractivity contribution in [3.8, 4) is 0 Å². The van der Waals surface area contributed by atoms with E-state index in [4.69, 9.17) is 10.8 Å². The first-order valence-corrected chi connectivity index (χ1v) is 3.12. The van der Waals surface area contributed by atoms with E-state index in [0.717, 1.165) is 0 Å². The highest BCUT2D eigenvalue weighted by atomic mass is 16.8. The number of ether oxygens (including phenoxy) is 1. The van der Waals surface area contributed by atoms with E-state index in [1.54, 1.807) is 5.48 Å². The zero-order chi connectivity index (χ0) is 10.3. The van der Waals surface area contributed by atoms with Crippen molar-refractivity contribution in [2.75, 3.05) is 13.1 Å². The van der Waals surface area contributed by atoms with Gasteiger partial charge in [-0.1, -0.05) is 0 Å². The average molecular weight is 192 g/mol. The number of rotatable bonds is 4. The summed E-state index contributed by atoms with van der Waals surface area (Å²) in [7, 11) is 0. The van der Waals surface area contributed by atoms with Gasteiger partial charge in [0.1, 0.15) is 6.54 Å². The zero-order valence-corrected chi connectivity index (χ0v) is 6.48. The molecule has 0 heterocycles. The molecule has 74 valence electrons. The summed E-state index contributed by atoms with van der Waals surface area (Å²) in [6.07, 6.45) is -1.60. The first kappa shape index (κ1) is 11.3. The summed E-state index contributed by atoms with van der Waals surface area (Å²) in [4.78, 5) is 34.4. The Morgan fingerprint density at radius 1 is 1.31 bits per heavy atom. The highest BCUT2D eigenvalue weighted by Crippen LogP contribution is 1.78. The number of carbonyl (C=O) groups excluding carboxylic acids is 2. The molecule has 8 heteroatoms. The van der Waals surface area contributed by atoms with Crippen molar-refractivity contribution in [3.05, 3.63) is 0 Å². The van der Waals surface area contributed by atoms with Gasteiger partial charge in [0.15, 0.2) is 0 Å². The molecule has 0 bridgehead atoms. The molecule has 0 fully saturated rings. The molecule has 0 aliphatic rings. The maximum absolute atomic E-state index is 10.6. The van der Waals surface area contributed by atoms with E-state index < -0.39 is 31.2 Å². The van der Waals surface area contributed by atoms with Crippen LogP contribution in [0.3, 0.4) is 0 Å². The molecule has 0 saturated heterocycles. The summed E-state index contributed by atoms with van der Waals surface area (Å²) in [5.74, 6) is -1.88. The lowest BCUT2D eigenvalue weighted by Gasteiger charge is -2.01. The molecule has 0 radical (unpaired) electrons. The molecular formula is C5H8N2O6. The van der Waals surface area contributed by atoms with Crippen molar-refractivity contribution in [1.29, 1.82) is 0 Å². The maximum Gasteiger partial charge on any atom is 0.525 e. The Morgan fingerprint density at radius 2 is 1.92 bits per heavy atom. The van der Waals surface area contributed by atoms with Crippen LogP contribution in [0.1, 0.15) is 0 Å². The van der Waals surface area contributed by atoms with E-state index in [0.29, 0.717) is 0 Å². The topological polar surface area (TPSA) is 128 Å². The lowest BCUT2D eigenvalue weighted by atomic mass is 10.6. The van der Waals surface area contributed by atoms with Crippen LogP contribution in [0, 0.1) is 0 Å². The maximum atomic E-state index is 10.6. The predicted octanol–water partition coefficient (Wildman–Crippen LogP) is -1.79. The third-order valence-electron chi connectivity index (χ3n) is 0.770. The van der Waals surface area contributed by atoms with E-state index in [9.17, 15) is 14.4 Å². The van der Waals surface area contributed by atoms with Gasteiger partial charge in [-0.3, -0.25) is 9.59 Å². The number of nitrogens with one attached hydrogen (secondary N) is 1. The number of hydrogen-bond donors (Lipinski definition) is 3. The first-order valence-electron chi connectivity index (χ1n) is 3.12. The zero-order valence-electron chi connectivity index (χ0n) is 6.48. The Labute approximate surface area is 72.5 Å². The van der Waals surface area contributed by atoms with Gasteiger partial charge in [-0.2, -0.15) is 0 Å². The molecular weight excluding hydrogens is 184 g/mol. The second-order valence-corrected chi connectivity index (χ2v) is 1.74. The van der Waals surface area contributed by atoms with Gasteiger partial charge < -0.3 is 20.4 Å². The summed E-state index contributed by atoms with van der Waals surface area (Å²) in [5, 5.41) is 7.93. The third kappa shape index (κ3) is 6.72. The van der Waals surface area contributed by atoms with Crippen LogP contribution in [0.2, 0.25) is 0 Å². The minimum absolute atomic E-state index is 0.425. The predicted molar refractivity (Wildman–Crippen MR) is 37.3 cm³/mol. The average Bonchev–Trinajstić information content (AvgIpc) is 2.03. The van der Waals surface area contributed by atoms with Gasteiger partial charge in [-0.15, -0.1) is 5.48 Å². The highest BCUT2D eigenvalue weighted by Gasteiger charge is 2.08. The van der Waals surface area contributed by atoms with E-state index in [1.165, 1.54) is 0 Å². The second kappa shape index (κ2) is 5.91. The molecule has 13 heavy (non-hydrogen) atoms. The molecule has 4 N–H and O–H groups in total. The van der Waals surface area contributed by atoms with Crippen LogP contribution in [0.5, 0.6) is 0 Å². The lowest BCUT2D eigenvalue weighted by molar-refractivity contribution is -0.158. The van der Waals surface area contributed by atoms with Gasteiger partial charge >= 0.3 is 18.1 Å². The fourth-order valence-corrected chi connectivity index (χ4v) is 0.361. The molecule has 0 saturated carbocycles. The van der Waals surface area contributed by atoms with Gasteiger partial charge in [0.2, 0.25) is 0 Å². The molecule has 0 amide bonds. The van der Waals surface area contributed by atoms with Crippen LogP contribution in [0.4, 0.5) is 4.79 Å². The largest absolute Gasteiger partial charge is 0.525 e. The number of carbonyl (C=O) groups is 3. The summed E-state index contributed by atoms with van der Waals surface area (Å²) in [6, 6.07) is 0. The van der Waals surface area contributed by atoms with Crippen LogP contribution >= 0.6 is 0 Å². The Morgan fingerprint density at radius 3 is 2.38 bits per heavy atom. The molecule has 0 unspecified atom stereocenters. The van der Waals surface area contributed by atoms with Crippen LogP contribution in [0.15, 0.2) is 0 Å². The highest BCUT2D eigenvalue weighted by molar-refractivity contribution is 5.87. The first-order chi connectivity index (χ1) is 6.06. The molecule has 0 aromatic carbocycles. The Balaban J connectivity index is 3.52. The smallest absolute Gasteiger partial charge is 0.448 e. The summed E-state index contributed by atoms with van der Waals surface area (Å²) < 4.78 is 4.04. The SMILES string of the molecule is NCC(=O)OC(=O)CNOC(=O)O. The second-order valence-electron chi connectivity index (χ2n) is 1.74. The molecule has 0 rings (SSSR count). The van der Waals surface area contributed by atoms with Crippen molar-refractivity contribution in [3.63, 3.8) is 0 Å². The van der Waals surface area contributed by atoms with Gasteiger partial charge in [0.25, 0.3) is 0 Å². The number of hydrogen-bond acceptors (Lipinski definition) is 7. The number of esters is 2. The molecule has 0 atom stereocenters. The Hall–Kier alpha value is -1.67. The number of carboxylic acid groups (broad SMARTS) is 1. The van der Waals surface area contributed by atoms with Gasteiger partial charge in [-0.05, 0) is 0 Å². The van der Waals surface area contributed by atoms with E-state index in [-0.39, 0.29) is 0 Å². The van der Waals surface area contributed by atoms with Gasteiger partial charge in [0, 0.05) is 0 Å². The van der Waals surface area contributed by atoms with Crippen molar-refractivity contribution in [2.45, 2.75) is 0 Å². The molecule has 0 spiro atoms. The van der Waals surface area contributed by atoms with Gasteiger partial charge in [-0.25, -0.2) is 4.79 Å². The minimum Gasteiger partial charge on any atom is -0.448 e. The lowest BCUT2D eigenvalue weighted by Crippen LogP contribution is -2.30. The van der Waals surface area contributed by atoms with Crippen molar-refractivity contribution >= 4 is 18.1 Å². The van der Waals surface area contributed by atoms with E-state index in [1.807, 2.05) is 0 Å². The minimum atomic E-state index is -1.60. The quantitative estimate of drug-likeness (QED) is 0.271. The molecule has 0 aliphatic carbocycles. The summed E-state index contributed by atoms with van der Waals surface area (Å²) in [5.41, 5.74) is 6.57. The molecule has 8 nitrogen and oxygen atoms in total. The van der Waals surface area contributed by atoms with Crippen LogP contribution in [-0.4, -0.2) is 36.3 Å². The fourth-order valence-electron chi connectivity index (χ4n) is 0.361. The van der Waals surface area contributed by atoms with Crippen LogP contribution in [0.25, 0.3) is 0 Å². The molecule has 0 aromatic rings. The normalized spacial score (nSPS) is 9.00. The number of nitrogens with two attached hydrogens (primary N) is 1. The fraction of sp³-hybridized carbons (Fsp3) is 0.400. The monoisotopic (exact) mass is 192 g/mol. The molecule has 0 aliphatic heterocycles. The van der Waals surface area contributed by atoms with Crippen molar-refractivity contribution in [1.82, 2.24) is 5.48 Å². The van der Waals surface area contributed by atoms with Crippen LogP contribution in [-0.2, 0) is 19.2 Å². The third-order valence-corrected chi connectivity index (χ3v) is 0.770. The van der Waals surface area contributed by atoms with Crippen LogP contribution < -0.4 is 11.2 Å². The van der Waals surface area contributed by atoms with Crippen molar-refractivity contribution in [2.24, 2.45) is 5.73 Å². The standard InChI is InChI=1S/C5H8N2O6/c6-1-3(8)12-4(9)2-7-13-5(10)11/h7H,1-2,6H2,(H,10,11). The Bertz CT molecular complexity index is 215. The number of hydroxylamine groups is 1. The van der Waals surface area contributed by atoms with E-state index in [2.05, 4.69) is 9.57 Å². The summed E-state index contributed by atoms with van der Waals surface area (Å²) >= 11 is 0. The molecule has 0 aromatic heterocycles. The van der Waals surface area contributed by atoms with Gasteiger partial charge in [0.05, 0.1) is 6.54 Å². The van der Waals surface area contributed by atoms with E-state index >= 15 is 0 Å². The summed E-state index contributed by atoms with van der Waals surface area (Å²) in [6.45, 7) is -0.983. The van der Waals surface area contributed by atoms with Crippen molar-refractivity contribution < 1.29 is 29.1 Å².